The lowest BCUT2D eigenvalue weighted by Crippen LogP contribution is -2.21. The molecule has 0 saturated carbocycles. The van der Waals surface area contributed by atoms with Crippen LogP contribution < -0.4 is 10.9 Å². The summed E-state index contributed by atoms with van der Waals surface area (Å²) >= 11 is 7.73. The molecule has 20 heavy (non-hydrogen) atoms. The summed E-state index contributed by atoms with van der Waals surface area (Å²) in [5, 5.41) is 4.38. The van der Waals surface area contributed by atoms with Gasteiger partial charge in [0.1, 0.15) is 5.82 Å². The average Bonchev–Trinajstić information content (AvgIpc) is 2.42. The molecule has 2 aromatic rings. The monoisotopic (exact) mass is 309 g/mol. The number of aromatic nitrogens is 2. The van der Waals surface area contributed by atoms with Crippen LogP contribution in [-0.4, -0.2) is 28.0 Å². The van der Waals surface area contributed by atoms with Crippen molar-refractivity contribution in [2.45, 2.75) is 6.54 Å². The second kappa shape index (κ2) is 7.47. The van der Waals surface area contributed by atoms with Gasteiger partial charge in [0.05, 0.1) is 17.4 Å². The van der Waals surface area contributed by atoms with Gasteiger partial charge in [-0.3, -0.25) is 4.79 Å². The lowest BCUT2D eigenvalue weighted by molar-refractivity contribution is 0.695. The fourth-order valence-corrected chi connectivity index (χ4v) is 2.55. The van der Waals surface area contributed by atoms with Gasteiger partial charge in [-0.1, -0.05) is 17.7 Å². The number of halogens is 1. The number of fused-ring (bicyclic) bond motifs is 1. The van der Waals surface area contributed by atoms with E-state index in [0.29, 0.717) is 28.3 Å². The maximum Gasteiger partial charge on any atom is 0.258 e. The fourth-order valence-electron chi connectivity index (χ4n) is 1.76. The number of hydrogen-bond acceptors (Lipinski definition) is 4. The highest BCUT2D eigenvalue weighted by molar-refractivity contribution is 7.99. The van der Waals surface area contributed by atoms with E-state index in [0.717, 1.165) is 18.1 Å². The number of nitrogens with one attached hydrogen (secondary N) is 2. The number of aromatic amines is 1. The van der Waals surface area contributed by atoms with E-state index in [4.69, 9.17) is 11.6 Å². The van der Waals surface area contributed by atoms with Crippen molar-refractivity contribution in [1.29, 1.82) is 0 Å². The van der Waals surface area contributed by atoms with Gasteiger partial charge in [0.15, 0.2) is 0 Å². The fraction of sp³-hybridized carbons (Fsp3) is 0.286. The second-order valence-corrected chi connectivity index (χ2v) is 5.80. The van der Waals surface area contributed by atoms with Crippen molar-refractivity contribution < 1.29 is 0 Å². The Morgan fingerprint density at radius 3 is 3.15 bits per heavy atom. The Hall–Kier alpha value is -1.30. The zero-order chi connectivity index (χ0) is 14.4. The molecule has 2 rings (SSSR count). The van der Waals surface area contributed by atoms with Crippen LogP contribution in [0.25, 0.3) is 10.9 Å². The average molecular weight is 310 g/mol. The molecule has 0 atom stereocenters. The van der Waals surface area contributed by atoms with Crippen molar-refractivity contribution in [2.24, 2.45) is 0 Å². The Morgan fingerprint density at radius 1 is 1.50 bits per heavy atom. The van der Waals surface area contributed by atoms with Crippen LogP contribution in [0.3, 0.4) is 0 Å². The molecule has 0 radical (unpaired) electrons. The third-order valence-corrected chi connectivity index (χ3v) is 3.87. The summed E-state index contributed by atoms with van der Waals surface area (Å²) in [7, 11) is 0. The Bertz CT molecular complexity index is 656. The summed E-state index contributed by atoms with van der Waals surface area (Å²) in [5.41, 5.74) is 0.489. The van der Waals surface area contributed by atoms with E-state index >= 15 is 0 Å². The van der Waals surface area contributed by atoms with Gasteiger partial charge >= 0.3 is 0 Å². The molecule has 0 aliphatic heterocycles. The molecule has 1 aromatic heterocycles. The Balaban J connectivity index is 2.00. The van der Waals surface area contributed by atoms with E-state index in [9.17, 15) is 4.79 Å². The minimum atomic E-state index is -0.135. The molecule has 2 N–H and O–H groups in total. The number of benzene rings is 1. The smallest absolute Gasteiger partial charge is 0.258 e. The molecule has 0 spiro atoms. The van der Waals surface area contributed by atoms with Crippen LogP contribution in [0, 0.1) is 0 Å². The summed E-state index contributed by atoms with van der Waals surface area (Å²) in [6.07, 6.45) is 1.89. The van der Waals surface area contributed by atoms with Crippen LogP contribution in [0.1, 0.15) is 5.82 Å². The molecular weight excluding hydrogens is 294 g/mol. The van der Waals surface area contributed by atoms with Crippen molar-refractivity contribution in [2.75, 3.05) is 18.1 Å². The van der Waals surface area contributed by atoms with Gasteiger partial charge in [-0.25, -0.2) is 4.98 Å². The molecule has 0 aliphatic rings. The first-order chi connectivity index (χ1) is 9.70. The molecule has 0 fully saturated rings. The molecule has 0 bridgehead atoms. The van der Waals surface area contributed by atoms with E-state index < -0.39 is 0 Å². The zero-order valence-electron chi connectivity index (χ0n) is 11.0. The molecule has 0 amide bonds. The quantitative estimate of drug-likeness (QED) is 0.610. The van der Waals surface area contributed by atoms with Crippen molar-refractivity contribution in [3.63, 3.8) is 0 Å². The number of thioether (sulfide) groups is 1. The van der Waals surface area contributed by atoms with E-state index in [1.54, 1.807) is 30.0 Å². The van der Waals surface area contributed by atoms with Crippen molar-refractivity contribution >= 4 is 34.3 Å². The molecule has 1 heterocycles. The van der Waals surface area contributed by atoms with E-state index in [-0.39, 0.29) is 5.56 Å². The van der Waals surface area contributed by atoms with Crippen molar-refractivity contribution in [3.8, 4) is 0 Å². The third kappa shape index (κ3) is 4.10. The van der Waals surface area contributed by atoms with E-state index in [1.807, 2.05) is 6.08 Å². The Morgan fingerprint density at radius 2 is 2.35 bits per heavy atom. The highest BCUT2D eigenvalue weighted by Gasteiger charge is 2.04. The second-order valence-electron chi connectivity index (χ2n) is 4.21. The molecule has 0 saturated heterocycles. The number of nitrogens with zero attached hydrogens (tertiary/aromatic N) is 1. The predicted octanol–water partition coefficient (Wildman–Crippen LogP) is 2.59. The molecular formula is C14H16ClN3OS. The molecule has 1 aromatic carbocycles. The first-order valence-electron chi connectivity index (χ1n) is 6.28. The number of H-pyrrole nitrogens is 1. The minimum Gasteiger partial charge on any atom is -0.309 e. The van der Waals surface area contributed by atoms with Crippen molar-refractivity contribution in [1.82, 2.24) is 15.3 Å². The summed E-state index contributed by atoms with van der Waals surface area (Å²) in [5.74, 6) is 2.57. The Labute approximate surface area is 126 Å². The van der Waals surface area contributed by atoms with Crippen LogP contribution in [0.4, 0.5) is 0 Å². The van der Waals surface area contributed by atoms with Gasteiger partial charge in [-0.15, -0.1) is 6.58 Å². The predicted molar refractivity (Wildman–Crippen MR) is 86.6 cm³/mol. The lowest BCUT2D eigenvalue weighted by Gasteiger charge is -2.05. The SMILES string of the molecule is C=CCSCCNCc1nc2cc(Cl)ccc2c(=O)[nH]1. The van der Waals surface area contributed by atoms with Crippen LogP contribution in [0.2, 0.25) is 5.02 Å². The lowest BCUT2D eigenvalue weighted by atomic mass is 10.2. The topological polar surface area (TPSA) is 57.8 Å². The van der Waals surface area contributed by atoms with Crippen LogP contribution >= 0.6 is 23.4 Å². The largest absolute Gasteiger partial charge is 0.309 e. The third-order valence-electron chi connectivity index (χ3n) is 2.67. The normalized spacial score (nSPS) is 10.8. The maximum atomic E-state index is 11.9. The summed E-state index contributed by atoms with van der Waals surface area (Å²) in [6.45, 7) is 5.06. The highest BCUT2D eigenvalue weighted by atomic mass is 35.5. The maximum absolute atomic E-state index is 11.9. The first-order valence-corrected chi connectivity index (χ1v) is 7.82. The van der Waals surface area contributed by atoms with Crippen LogP contribution in [-0.2, 0) is 6.54 Å². The van der Waals surface area contributed by atoms with Crippen molar-refractivity contribution in [3.05, 3.63) is 52.1 Å². The standard InChI is InChI=1S/C14H16ClN3OS/c1-2-6-20-7-5-16-9-13-17-12-8-10(15)3-4-11(12)14(19)18-13/h2-4,8,16H,1,5-7,9H2,(H,17,18,19). The van der Waals surface area contributed by atoms with Gasteiger partial charge in [0.2, 0.25) is 0 Å². The first kappa shape index (κ1) is 15.1. The number of rotatable bonds is 7. The molecule has 4 nitrogen and oxygen atoms in total. The molecule has 6 heteroatoms. The van der Waals surface area contributed by atoms with E-state index in [1.165, 1.54) is 0 Å². The van der Waals surface area contributed by atoms with E-state index in [2.05, 4.69) is 21.9 Å². The van der Waals surface area contributed by atoms with Gasteiger partial charge in [0.25, 0.3) is 5.56 Å². The number of hydrogen-bond donors (Lipinski definition) is 2. The van der Waals surface area contributed by atoms with Gasteiger partial charge < -0.3 is 10.3 Å². The molecule has 106 valence electrons. The zero-order valence-corrected chi connectivity index (χ0v) is 12.6. The summed E-state index contributed by atoms with van der Waals surface area (Å²) in [4.78, 5) is 19.1. The summed E-state index contributed by atoms with van der Waals surface area (Å²) < 4.78 is 0. The molecule has 0 aliphatic carbocycles. The minimum absolute atomic E-state index is 0.135. The Kier molecular flexibility index (Phi) is 5.64. The highest BCUT2D eigenvalue weighted by Crippen LogP contribution is 2.14. The summed E-state index contributed by atoms with van der Waals surface area (Å²) in [6, 6.07) is 5.08. The van der Waals surface area contributed by atoms with Crippen LogP contribution in [0.5, 0.6) is 0 Å². The molecule has 0 unspecified atom stereocenters. The van der Waals surface area contributed by atoms with Gasteiger partial charge in [-0.05, 0) is 18.2 Å². The van der Waals surface area contributed by atoms with Gasteiger partial charge in [0, 0.05) is 23.1 Å². The van der Waals surface area contributed by atoms with Crippen LogP contribution in [0.15, 0.2) is 35.6 Å². The van der Waals surface area contributed by atoms with Gasteiger partial charge in [-0.2, -0.15) is 11.8 Å².